The van der Waals surface area contributed by atoms with Crippen molar-refractivity contribution in [2.45, 2.75) is 0 Å². The number of phenols is 2. The van der Waals surface area contributed by atoms with E-state index < -0.39 is 0 Å². The molecule has 1 aromatic carbocycles. The molecule has 15 heavy (non-hydrogen) atoms. The predicted molar refractivity (Wildman–Crippen MR) is 54.8 cm³/mol. The molecule has 0 spiro atoms. The largest absolute Gasteiger partial charge is 0.504 e. The molecule has 0 radical (unpaired) electrons. The number of aromatic hydroxyl groups is 2. The van der Waals surface area contributed by atoms with Crippen molar-refractivity contribution in [3.05, 3.63) is 24.3 Å². The van der Waals surface area contributed by atoms with Gasteiger partial charge >= 0.3 is 0 Å². The molecule has 0 saturated carbocycles. The van der Waals surface area contributed by atoms with Crippen LogP contribution in [0, 0.1) is 0 Å². The highest BCUT2D eigenvalue weighted by atomic mass is 16.5. The maximum absolute atomic E-state index is 8.67. The SMILES string of the molecule is OCCOCCO.Oc1ccccc1O. The lowest BCUT2D eigenvalue weighted by Crippen LogP contribution is -2.03. The second kappa shape index (κ2) is 9.26. The van der Waals surface area contributed by atoms with Gasteiger partial charge in [0.05, 0.1) is 26.4 Å². The molecule has 0 aliphatic rings. The Hall–Kier alpha value is -1.30. The molecule has 0 unspecified atom stereocenters. The van der Waals surface area contributed by atoms with E-state index in [1.165, 1.54) is 12.1 Å². The summed E-state index contributed by atoms with van der Waals surface area (Å²) in [6.07, 6.45) is 0. The van der Waals surface area contributed by atoms with Crippen LogP contribution in [0.1, 0.15) is 0 Å². The third kappa shape index (κ3) is 7.75. The first-order chi connectivity index (χ1) is 7.22. The molecule has 0 aromatic heterocycles. The van der Waals surface area contributed by atoms with Crippen LogP contribution in [0.25, 0.3) is 0 Å². The van der Waals surface area contributed by atoms with Gasteiger partial charge in [-0.1, -0.05) is 12.1 Å². The fraction of sp³-hybridized carbons (Fsp3) is 0.400. The van der Waals surface area contributed by atoms with Crippen LogP contribution >= 0.6 is 0 Å². The average molecular weight is 216 g/mol. The quantitative estimate of drug-likeness (QED) is 0.423. The third-order valence-corrected chi connectivity index (χ3v) is 1.35. The molecular weight excluding hydrogens is 200 g/mol. The van der Waals surface area contributed by atoms with E-state index in [2.05, 4.69) is 4.74 Å². The molecule has 5 heteroatoms. The zero-order valence-electron chi connectivity index (χ0n) is 8.33. The highest BCUT2D eigenvalue weighted by molar-refractivity contribution is 5.36. The van der Waals surface area contributed by atoms with E-state index in [9.17, 15) is 0 Å². The van der Waals surface area contributed by atoms with Crippen LogP contribution in [-0.4, -0.2) is 46.9 Å². The Labute approximate surface area is 88.2 Å². The zero-order chi connectivity index (χ0) is 11.5. The van der Waals surface area contributed by atoms with Crippen LogP contribution in [0.2, 0.25) is 0 Å². The Kier molecular flexibility index (Phi) is 8.46. The van der Waals surface area contributed by atoms with Crippen molar-refractivity contribution in [3.8, 4) is 11.5 Å². The molecule has 0 fully saturated rings. The second-order valence-corrected chi connectivity index (χ2v) is 2.55. The van der Waals surface area contributed by atoms with Gasteiger partial charge in [-0.25, -0.2) is 0 Å². The Morgan fingerprint density at radius 1 is 0.867 bits per heavy atom. The lowest BCUT2D eigenvalue weighted by atomic mass is 10.3. The topological polar surface area (TPSA) is 90.2 Å². The fourth-order valence-corrected chi connectivity index (χ4v) is 0.695. The highest BCUT2D eigenvalue weighted by Crippen LogP contribution is 2.21. The predicted octanol–water partition coefficient (Wildman–Crippen LogP) is 0.0854. The Morgan fingerprint density at radius 3 is 1.53 bits per heavy atom. The van der Waals surface area contributed by atoms with E-state index >= 15 is 0 Å². The minimum absolute atomic E-state index is 0.0278. The summed E-state index contributed by atoms with van der Waals surface area (Å²) in [5.41, 5.74) is 0. The van der Waals surface area contributed by atoms with Crippen LogP contribution in [-0.2, 0) is 4.74 Å². The number of ether oxygens (including phenoxy) is 1. The van der Waals surface area contributed by atoms with Crippen molar-refractivity contribution in [3.63, 3.8) is 0 Å². The van der Waals surface area contributed by atoms with Crippen molar-refractivity contribution >= 4 is 0 Å². The summed E-state index contributed by atoms with van der Waals surface area (Å²) in [6, 6.07) is 6.15. The lowest BCUT2D eigenvalue weighted by molar-refractivity contribution is 0.0650. The van der Waals surface area contributed by atoms with Gasteiger partial charge in [-0.05, 0) is 12.1 Å². The lowest BCUT2D eigenvalue weighted by Gasteiger charge is -1.94. The van der Waals surface area contributed by atoms with Crippen LogP contribution in [0.5, 0.6) is 11.5 Å². The van der Waals surface area contributed by atoms with Crippen LogP contribution in [0.15, 0.2) is 24.3 Å². The van der Waals surface area contributed by atoms with Gasteiger partial charge in [0.15, 0.2) is 11.5 Å². The van der Waals surface area contributed by atoms with Gasteiger partial charge in [0.2, 0.25) is 0 Å². The smallest absolute Gasteiger partial charge is 0.157 e. The summed E-state index contributed by atoms with van der Waals surface area (Å²) in [6.45, 7) is 0.696. The molecule has 1 rings (SSSR count). The molecule has 0 bridgehead atoms. The summed E-state index contributed by atoms with van der Waals surface area (Å²) in [5.74, 6) is -0.153. The molecular formula is C10H16O5. The van der Waals surface area contributed by atoms with Gasteiger partial charge < -0.3 is 25.2 Å². The van der Waals surface area contributed by atoms with Crippen LogP contribution in [0.4, 0.5) is 0 Å². The normalized spacial score (nSPS) is 9.20. The first-order valence-electron chi connectivity index (χ1n) is 4.48. The van der Waals surface area contributed by atoms with Gasteiger partial charge in [-0.15, -0.1) is 0 Å². The van der Waals surface area contributed by atoms with E-state index in [4.69, 9.17) is 20.4 Å². The first-order valence-corrected chi connectivity index (χ1v) is 4.48. The highest BCUT2D eigenvalue weighted by Gasteiger charge is 1.90. The number of para-hydroxylation sites is 2. The monoisotopic (exact) mass is 216 g/mol. The van der Waals surface area contributed by atoms with Crippen molar-refractivity contribution in [2.75, 3.05) is 26.4 Å². The molecule has 0 aliphatic heterocycles. The molecule has 0 atom stereocenters. The van der Waals surface area contributed by atoms with Gasteiger partial charge in [0.1, 0.15) is 0 Å². The zero-order valence-corrected chi connectivity index (χ0v) is 8.33. The van der Waals surface area contributed by atoms with E-state index in [0.29, 0.717) is 13.2 Å². The molecule has 4 N–H and O–H groups in total. The van der Waals surface area contributed by atoms with E-state index in [-0.39, 0.29) is 24.7 Å². The van der Waals surface area contributed by atoms with E-state index in [1.807, 2.05) is 0 Å². The fourth-order valence-electron chi connectivity index (χ4n) is 0.695. The van der Waals surface area contributed by atoms with Crippen molar-refractivity contribution in [1.29, 1.82) is 0 Å². The first kappa shape index (κ1) is 13.7. The minimum atomic E-state index is -0.0764. The van der Waals surface area contributed by atoms with Crippen molar-refractivity contribution in [2.24, 2.45) is 0 Å². The number of phenolic OH excluding ortho intramolecular Hbond substituents is 2. The second-order valence-electron chi connectivity index (χ2n) is 2.55. The van der Waals surface area contributed by atoms with Gasteiger partial charge in [-0.3, -0.25) is 0 Å². The Balaban J connectivity index is 0.000000265. The summed E-state index contributed by atoms with van der Waals surface area (Å²) >= 11 is 0. The number of hydrogen-bond acceptors (Lipinski definition) is 5. The summed E-state index contributed by atoms with van der Waals surface area (Å²) in [4.78, 5) is 0. The molecule has 0 heterocycles. The van der Waals surface area contributed by atoms with Crippen molar-refractivity contribution < 1.29 is 25.2 Å². The maximum Gasteiger partial charge on any atom is 0.157 e. The summed E-state index contributed by atoms with van der Waals surface area (Å²) in [7, 11) is 0. The molecule has 0 aliphatic carbocycles. The molecule has 1 aromatic rings. The molecule has 0 saturated heterocycles. The Bertz CT molecular complexity index is 226. The number of benzene rings is 1. The van der Waals surface area contributed by atoms with Crippen LogP contribution in [0.3, 0.4) is 0 Å². The van der Waals surface area contributed by atoms with Gasteiger partial charge in [0.25, 0.3) is 0 Å². The third-order valence-electron chi connectivity index (χ3n) is 1.35. The maximum atomic E-state index is 8.67. The van der Waals surface area contributed by atoms with Gasteiger partial charge in [-0.2, -0.15) is 0 Å². The van der Waals surface area contributed by atoms with Gasteiger partial charge in [0, 0.05) is 0 Å². The van der Waals surface area contributed by atoms with E-state index in [1.54, 1.807) is 12.1 Å². The molecule has 0 amide bonds. The standard InChI is InChI=1S/C6H6O2.C4H10O3/c7-5-3-1-2-4-6(5)8;5-1-3-7-4-2-6/h1-4,7-8H;5-6H,1-4H2. The van der Waals surface area contributed by atoms with Crippen LogP contribution < -0.4 is 0 Å². The number of hydrogen-bond donors (Lipinski definition) is 4. The molecule has 5 nitrogen and oxygen atoms in total. The molecule has 86 valence electrons. The number of aliphatic hydroxyl groups is 2. The number of aliphatic hydroxyl groups excluding tert-OH is 2. The van der Waals surface area contributed by atoms with Crippen molar-refractivity contribution in [1.82, 2.24) is 0 Å². The van der Waals surface area contributed by atoms with E-state index in [0.717, 1.165) is 0 Å². The summed E-state index contributed by atoms with van der Waals surface area (Å²) < 4.78 is 4.63. The number of rotatable bonds is 4. The minimum Gasteiger partial charge on any atom is -0.504 e. The summed E-state index contributed by atoms with van der Waals surface area (Å²) in [5, 5.41) is 33.5. The average Bonchev–Trinajstić information content (AvgIpc) is 2.24. The Morgan fingerprint density at radius 2 is 1.27 bits per heavy atom.